The Morgan fingerprint density at radius 3 is 1.80 bits per heavy atom. The Labute approximate surface area is 174 Å². The molecule has 2 aromatic rings. The molecule has 0 unspecified atom stereocenters. The molecule has 0 radical (unpaired) electrons. The predicted molar refractivity (Wildman–Crippen MR) is 107 cm³/mol. The van der Waals surface area contributed by atoms with Gasteiger partial charge in [0, 0.05) is 5.56 Å². The number of esters is 3. The molecule has 1 amide bonds. The van der Waals surface area contributed by atoms with E-state index in [2.05, 4.69) is 14.8 Å². The second kappa shape index (κ2) is 10.2. The lowest BCUT2D eigenvalue weighted by Gasteiger charge is -2.21. The summed E-state index contributed by atoms with van der Waals surface area (Å²) in [7, 11) is 2.37. The molecule has 8 heteroatoms. The fourth-order valence-corrected chi connectivity index (χ4v) is 2.62. The molecule has 0 saturated carbocycles. The van der Waals surface area contributed by atoms with Crippen molar-refractivity contribution in [2.45, 2.75) is 19.9 Å². The topological polar surface area (TPSA) is 108 Å². The van der Waals surface area contributed by atoms with Gasteiger partial charge in [0.1, 0.15) is 11.8 Å². The molecular formula is C22H23NO7. The van der Waals surface area contributed by atoms with Crippen LogP contribution in [0.15, 0.2) is 48.5 Å². The molecule has 0 saturated heterocycles. The molecular weight excluding hydrogens is 390 g/mol. The maximum absolute atomic E-state index is 12.8. The van der Waals surface area contributed by atoms with Crippen molar-refractivity contribution in [3.05, 3.63) is 65.2 Å². The van der Waals surface area contributed by atoms with Crippen LogP contribution in [-0.4, -0.2) is 44.1 Å². The number of methoxy groups -OCH3 is 2. The van der Waals surface area contributed by atoms with Crippen molar-refractivity contribution in [3.8, 4) is 5.75 Å². The van der Waals surface area contributed by atoms with Crippen molar-refractivity contribution < 1.29 is 33.4 Å². The molecule has 2 rings (SSSR count). The van der Waals surface area contributed by atoms with Crippen LogP contribution in [-0.2, 0) is 14.3 Å². The highest BCUT2D eigenvalue weighted by Crippen LogP contribution is 2.20. The Morgan fingerprint density at radius 2 is 1.33 bits per heavy atom. The maximum atomic E-state index is 12.8. The number of carbonyl (C=O) groups is 4. The molecule has 0 heterocycles. The number of hydrogen-bond donors (Lipinski definition) is 1. The van der Waals surface area contributed by atoms with Crippen molar-refractivity contribution in [1.82, 2.24) is 5.32 Å². The molecule has 8 nitrogen and oxygen atoms in total. The first-order valence-corrected chi connectivity index (χ1v) is 9.16. The van der Waals surface area contributed by atoms with E-state index < -0.39 is 29.9 Å². The summed E-state index contributed by atoms with van der Waals surface area (Å²) in [5.74, 6) is -2.93. The highest BCUT2D eigenvalue weighted by Gasteiger charge is 2.27. The van der Waals surface area contributed by atoms with Gasteiger partial charge in [-0.25, -0.2) is 14.4 Å². The lowest BCUT2D eigenvalue weighted by atomic mass is 10.0. The molecule has 0 aromatic heterocycles. The fourth-order valence-electron chi connectivity index (χ4n) is 2.62. The molecule has 0 spiro atoms. The van der Waals surface area contributed by atoms with Gasteiger partial charge in [-0.2, -0.15) is 0 Å². The average Bonchev–Trinajstić information content (AvgIpc) is 2.76. The van der Waals surface area contributed by atoms with E-state index in [9.17, 15) is 19.2 Å². The van der Waals surface area contributed by atoms with E-state index >= 15 is 0 Å². The van der Waals surface area contributed by atoms with Crippen molar-refractivity contribution in [3.63, 3.8) is 0 Å². The van der Waals surface area contributed by atoms with E-state index in [-0.39, 0.29) is 22.8 Å². The van der Waals surface area contributed by atoms with Gasteiger partial charge in [-0.1, -0.05) is 32.0 Å². The second-order valence-corrected chi connectivity index (χ2v) is 6.71. The number of nitrogens with one attached hydrogen (secondary N) is 1. The number of rotatable bonds is 7. The zero-order valence-electron chi connectivity index (χ0n) is 17.1. The van der Waals surface area contributed by atoms with Crippen LogP contribution in [0.1, 0.15) is 44.9 Å². The monoisotopic (exact) mass is 413 g/mol. The molecule has 1 N–H and O–H groups in total. The third-order valence-corrected chi connectivity index (χ3v) is 4.21. The maximum Gasteiger partial charge on any atom is 0.338 e. The first-order valence-electron chi connectivity index (χ1n) is 9.16. The van der Waals surface area contributed by atoms with E-state index in [1.54, 1.807) is 44.2 Å². The lowest BCUT2D eigenvalue weighted by molar-refractivity contribution is -0.137. The summed E-state index contributed by atoms with van der Waals surface area (Å²) in [4.78, 5) is 49.0. The highest BCUT2D eigenvalue weighted by molar-refractivity contribution is 5.98. The zero-order valence-corrected chi connectivity index (χ0v) is 17.1. The normalized spacial score (nSPS) is 11.4. The first-order chi connectivity index (χ1) is 14.3. The zero-order chi connectivity index (χ0) is 22.3. The van der Waals surface area contributed by atoms with Crippen LogP contribution in [0.25, 0.3) is 0 Å². The molecule has 0 aliphatic rings. The summed E-state index contributed by atoms with van der Waals surface area (Å²) < 4.78 is 14.7. The molecule has 0 bridgehead atoms. The molecule has 158 valence electrons. The van der Waals surface area contributed by atoms with Crippen LogP contribution >= 0.6 is 0 Å². The number of benzene rings is 2. The van der Waals surface area contributed by atoms with Gasteiger partial charge in [-0.05, 0) is 36.2 Å². The Kier molecular flexibility index (Phi) is 7.69. The fraction of sp³-hybridized carbons (Fsp3) is 0.273. The summed E-state index contributed by atoms with van der Waals surface area (Å²) in [5.41, 5.74) is 0.423. The van der Waals surface area contributed by atoms with E-state index in [1.165, 1.54) is 32.4 Å². The summed E-state index contributed by atoms with van der Waals surface area (Å²) >= 11 is 0. The van der Waals surface area contributed by atoms with E-state index in [1.807, 2.05) is 0 Å². The van der Waals surface area contributed by atoms with Crippen LogP contribution in [0.3, 0.4) is 0 Å². The van der Waals surface area contributed by atoms with Crippen LogP contribution in [0.2, 0.25) is 0 Å². The third-order valence-electron chi connectivity index (χ3n) is 4.21. The predicted octanol–water partition coefficient (Wildman–Crippen LogP) is 2.62. The Balaban J connectivity index is 2.27. The van der Waals surface area contributed by atoms with Gasteiger partial charge in [0.05, 0.1) is 25.3 Å². The second-order valence-electron chi connectivity index (χ2n) is 6.71. The molecule has 0 fully saturated rings. The van der Waals surface area contributed by atoms with E-state index in [0.717, 1.165) is 0 Å². The quantitative estimate of drug-likeness (QED) is 0.549. The van der Waals surface area contributed by atoms with Gasteiger partial charge < -0.3 is 19.5 Å². The number of carbonyl (C=O) groups excluding carboxylic acids is 4. The lowest BCUT2D eigenvalue weighted by Crippen LogP contribution is -2.46. The van der Waals surface area contributed by atoms with Gasteiger partial charge >= 0.3 is 17.9 Å². The summed E-state index contributed by atoms with van der Waals surface area (Å²) in [6, 6.07) is 11.3. The Bertz CT molecular complexity index is 904. The largest absolute Gasteiger partial charge is 0.465 e. The van der Waals surface area contributed by atoms with E-state index in [0.29, 0.717) is 5.56 Å². The number of hydrogen-bond acceptors (Lipinski definition) is 7. The minimum absolute atomic E-state index is 0.0117. The van der Waals surface area contributed by atoms with E-state index in [4.69, 9.17) is 4.74 Å². The highest BCUT2D eigenvalue weighted by atomic mass is 16.5. The van der Waals surface area contributed by atoms with Gasteiger partial charge in [0.15, 0.2) is 0 Å². The Hall–Kier alpha value is -3.68. The van der Waals surface area contributed by atoms with Gasteiger partial charge in [-0.15, -0.1) is 0 Å². The minimum Gasteiger partial charge on any atom is -0.465 e. The van der Waals surface area contributed by atoms with Crippen molar-refractivity contribution in [2.24, 2.45) is 5.92 Å². The van der Waals surface area contributed by atoms with Crippen LogP contribution in [0.4, 0.5) is 0 Å². The molecule has 1 atom stereocenters. The smallest absolute Gasteiger partial charge is 0.338 e. The molecule has 2 aromatic carbocycles. The summed E-state index contributed by atoms with van der Waals surface area (Å²) in [6.07, 6.45) is 0. The average molecular weight is 413 g/mol. The van der Waals surface area contributed by atoms with Crippen molar-refractivity contribution >= 4 is 23.8 Å². The van der Waals surface area contributed by atoms with Crippen LogP contribution in [0.5, 0.6) is 5.75 Å². The minimum atomic E-state index is -0.957. The first kappa shape index (κ1) is 22.6. The SMILES string of the molecule is COC(=O)c1cc(OC(=O)[C@@H](NC(=O)c2ccccc2)C(C)C)cc(C(=O)OC)c1. The van der Waals surface area contributed by atoms with Crippen LogP contribution < -0.4 is 10.1 Å². The van der Waals surface area contributed by atoms with Crippen molar-refractivity contribution in [2.75, 3.05) is 14.2 Å². The Morgan fingerprint density at radius 1 is 0.800 bits per heavy atom. The molecule has 0 aliphatic carbocycles. The summed E-state index contributed by atoms with van der Waals surface area (Å²) in [6.45, 7) is 3.50. The van der Waals surface area contributed by atoms with Gasteiger partial charge in [0.25, 0.3) is 5.91 Å². The molecule has 30 heavy (non-hydrogen) atoms. The number of amides is 1. The molecule has 0 aliphatic heterocycles. The van der Waals surface area contributed by atoms with Crippen LogP contribution in [0, 0.1) is 5.92 Å². The number of ether oxygens (including phenoxy) is 3. The van der Waals surface area contributed by atoms with Gasteiger partial charge in [0.2, 0.25) is 0 Å². The third kappa shape index (κ3) is 5.66. The standard InChI is InChI=1S/C22H23NO7/c1-13(2)18(23-19(24)14-8-6-5-7-9-14)22(27)30-17-11-15(20(25)28-3)10-16(12-17)21(26)29-4/h5-13,18H,1-4H3,(H,23,24)/t18-/m0/s1. The van der Waals surface area contributed by atoms with Gasteiger partial charge in [-0.3, -0.25) is 4.79 Å². The van der Waals surface area contributed by atoms with Crippen molar-refractivity contribution in [1.29, 1.82) is 0 Å². The summed E-state index contributed by atoms with van der Waals surface area (Å²) in [5, 5.41) is 2.65.